The van der Waals surface area contributed by atoms with Gasteiger partial charge in [-0.25, -0.2) is 0 Å². The zero-order valence-corrected chi connectivity index (χ0v) is 14.4. The minimum atomic E-state index is 0.0843. The summed E-state index contributed by atoms with van der Waals surface area (Å²) in [5, 5.41) is 3.11. The summed E-state index contributed by atoms with van der Waals surface area (Å²) in [6, 6.07) is 14.8. The number of nitrogens with one attached hydrogen (secondary N) is 1. The maximum Gasteiger partial charge on any atom is 0.251 e. The Morgan fingerprint density at radius 1 is 1.12 bits per heavy atom. The molecule has 1 amide bonds. The van der Waals surface area contributed by atoms with Crippen LogP contribution in [0.4, 0.5) is 0 Å². The molecule has 24 heavy (non-hydrogen) atoms. The third kappa shape index (κ3) is 2.73. The highest BCUT2D eigenvalue weighted by atomic mass is 16.1. The summed E-state index contributed by atoms with van der Waals surface area (Å²) in [6.45, 7) is 8.20. The van der Waals surface area contributed by atoms with Gasteiger partial charge in [-0.15, -0.1) is 0 Å². The summed E-state index contributed by atoms with van der Waals surface area (Å²) in [6.07, 6.45) is 0. The zero-order chi connectivity index (χ0) is 16.7. The predicted octanol–water partition coefficient (Wildman–Crippen LogP) is 3.26. The molecule has 0 saturated carbocycles. The van der Waals surface area contributed by atoms with Crippen molar-refractivity contribution < 1.29 is 4.79 Å². The number of nitrogens with zero attached hydrogens (tertiary/aromatic N) is 1. The molecule has 3 heteroatoms. The highest BCUT2D eigenvalue weighted by Crippen LogP contribution is 2.36. The molecule has 3 nitrogen and oxygen atoms in total. The molecule has 1 N–H and O–H groups in total. The number of amides is 1. The molecule has 0 radical (unpaired) electrons. The second-order valence-electron chi connectivity index (χ2n) is 7.29. The highest BCUT2D eigenvalue weighted by molar-refractivity contribution is 5.96. The van der Waals surface area contributed by atoms with Crippen molar-refractivity contribution in [3.05, 3.63) is 70.3 Å². The molecule has 4 rings (SSSR count). The zero-order valence-electron chi connectivity index (χ0n) is 14.4. The number of rotatable bonds is 2. The number of hydrogen-bond acceptors (Lipinski definition) is 2. The minimum Gasteiger partial charge on any atom is -0.352 e. The SMILES string of the molecule is Cc1ccc(C)c(CN2C[C@@H]3CNC(=O)c4ccccc4[C@H]3C2)c1. The topological polar surface area (TPSA) is 32.3 Å². The van der Waals surface area contributed by atoms with Gasteiger partial charge in [-0.3, -0.25) is 9.69 Å². The number of fused-ring (bicyclic) bond motifs is 3. The second-order valence-corrected chi connectivity index (χ2v) is 7.29. The van der Waals surface area contributed by atoms with E-state index in [4.69, 9.17) is 0 Å². The molecule has 0 spiro atoms. The van der Waals surface area contributed by atoms with Gasteiger partial charge in [0.1, 0.15) is 0 Å². The lowest BCUT2D eigenvalue weighted by molar-refractivity contribution is 0.0951. The van der Waals surface area contributed by atoms with E-state index in [9.17, 15) is 4.79 Å². The second kappa shape index (κ2) is 6.06. The van der Waals surface area contributed by atoms with E-state index in [1.54, 1.807) is 0 Å². The third-order valence-electron chi connectivity index (χ3n) is 5.54. The normalized spacial score (nSPS) is 23.3. The van der Waals surface area contributed by atoms with E-state index < -0.39 is 0 Å². The van der Waals surface area contributed by atoms with Crippen LogP contribution in [0.3, 0.4) is 0 Å². The quantitative estimate of drug-likeness (QED) is 0.921. The van der Waals surface area contributed by atoms with Gasteiger partial charge in [0.25, 0.3) is 5.91 Å². The summed E-state index contributed by atoms with van der Waals surface area (Å²) in [7, 11) is 0. The van der Waals surface area contributed by atoms with Crippen molar-refractivity contribution in [3.8, 4) is 0 Å². The van der Waals surface area contributed by atoms with E-state index in [2.05, 4.69) is 54.4 Å². The minimum absolute atomic E-state index is 0.0843. The first-order valence-corrected chi connectivity index (χ1v) is 8.77. The lowest BCUT2D eigenvalue weighted by Gasteiger charge is -2.19. The van der Waals surface area contributed by atoms with Crippen molar-refractivity contribution in [1.29, 1.82) is 0 Å². The average Bonchev–Trinajstić information content (AvgIpc) is 2.93. The number of aryl methyl sites for hydroxylation is 2. The predicted molar refractivity (Wildman–Crippen MR) is 96.2 cm³/mol. The first-order valence-electron chi connectivity index (χ1n) is 8.77. The molecule has 0 unspecified atom stereocenters. The summed E-state index contributed by atoms with van der Waals surface area (Å²) < 4.78 is 0. The van der Waals surface area contributed by atoms with Gasteiger partial charge in [0.05, 0.1) is 0 Å². The molecule has 0 bridgehead atoms. The molecule has 2 aliphatic rings. The van der Waals surface area contributed by atoms with E-state index >= 15 is 0 Å². The molecule has 0 aromatic heterocycles. The molecule has 2 aromatic rings. The fourth-order valence-corrected chi connectivity index (χ4v) is 4.21. The molecule has 2 atom stereocenters. The largest absolute Gasteiger partial charge is 0.352 e. The van der Waals surface area contributed by atoms with Crippen LogP contribution in [0.5, 0.6) is 0 Å². The van der Waals surface area contributed by atoms with Gasteiger partial charge in [0, 0.05) is 37.7 Å². The van der Waals surface area contributed by atoms with E-state index in [1.807, 2.05) is 12.1 Å². The molecular formula is C21H24N2O. The average molecular weight is 320 g/mol. The van der Waals surface area contributed by atoms with Crippen molar-refractivity contribution in [2.45, 2.75) is 26.3 Å². The van der Waals surface area contributed by atoms with Gasteiger partial charge in [-0.1, -0.05) is 42.0 Å². The number of hydrogen-bond donors (Lipinski definition) is 1. The van der Waals surface area contributed by atoms with Crippen molar-refractivity contribution in [2.75, 3.05) is 19.6 Å². The lowest BCUT2D eigenvalue weighted by atomic mass is 9.87. The van der Waals surface area contributed by atoms with Gasteiger partial charge in [-0.05, 0) is 42.5 Å². The molecule has 1 fully saturated rings. The molecule has 2 aromatic carbocycles. The Morgan fingerprint density at radius 3 is 2.83 bits per heavy atom. The first-order chi connectivity index (χ1) is 11.6. The van der Waals surface area contributed by atoms with Crippen LogP contribution in [0.2, 0.25) is 0 Å². The van der Waals surface area contributed by atoms with Crippen LogP contribution in [0.15, 0.2) is 42.5 Å². The third-order valence-corrected chi connectivity index (χ3v) is 5.54. The van der Waals surface area contributed by atoms with Gasteiger partial charge >= 0.3 is 0 Å². The van der Waals surface area contributed by atoms with Crippen LogP contribution >= 0.6 is 0 Å². The monoisotopic (exact) mass is 320 g/mol. The molecule has 2 aliphatic heterocycles. The van der Waals surface area contributed by atoms with Crippen molar-refractivity contribution >= 4 is 5.91 Å². The van der Waals surface area contributed by atoms with Crippen LogP contribution in [0.25, 0.3) is 0 Å². The van der Waals surface area contributed by atoms with Gasteiger partial charge in [0.2, 0.25) is 0 Å². The van der Waals surface area contributed by atoms with Crippen LogP contribution < -0.4 is 5.32 Å². The maximum atomic E-state index is 12.3. The van der Waals surface area contributed by atoms with Crippen molar-refractivity contribution in [3.63, 3.8) is 0 Å². The van der Waals surface area contributed by atoms with E-state index in [0.717, 1.165) is 31.7 Å². The molecule has 0 aliphatic carbocycles. The maximum absolute atomic E-state index is 12.3. The fraction of sp³-hybridized carbons (Fsp3) is 0.381. The van der Waals surface area contributed by atoms with E-state index in [-0.39, 0.29) is 5.91 Å². The summed E-state index contributed by atoms with van der Waals surface area (Å²) in [5.41, 5.74) is 6.19. The number of carbonyl (C=O) groups excluding carboxylic acids is 1. The summed E-state index contributed by atoms with van der Waals surface area (Å²) in [5.74, 6) is 1.04. The fourth-order valence-electron chi connectivity index (χ4n) is 4.21. The van der Waals surface area contributed by atoms with E-state index in [0.29, 0.717) is 11.8 Å². The van der Waals surface area contributed by atoms with Crippen molar-refractivity contribution in [2.24, 2.45) is 5.92 Å². The Balaban J connectivity index is 1.59. The highest BCUT2D eigenvalue weighted by Gasteiger charge is 2.37. The summed E-state index contributed by atoms with van der Waals surface area (Å²) in [4.78, 5) is 14.8. The lowest BCUT2D eigenvalue weighted by Crippen LogP contribution is -2.29. The number of benzene rings is 2. The van der Waals surface area contributed by atoms with Crippen LogP contribution in [-0.2, 0) is 6.54 Å². The van der Waals surface area contributed by atoms with Crippen LogP contribution in [0, 0.1) is 19.8 Å². The Bertz CT molecular complexity index is 783. The first kappa shape index (κ1) is 15.4. The Kier molecular flexibility index (Phi) is 3.89. The standard InChI is InChI=1S/C21H24N2O/c1-14-7-8-15(2)16(9-14)11-23-12-17-10-22-21(24)19-6-4-3-5-18(19)20(17)13-23/h3-9,17,20H,10-13H2,1-2H3,(H,22,24)/t17-,20-/m0/s1. The molecule has 2 heterocycles. The molecule has 124 valence electrons. The van der Waals surface area contributed by atoms with Gasteiger partial charge in [-0.2, -0.15) is 0 Å². The number of likely N-dealkylation sites (tertiary alicyclic amines) is 1. The number of carbonyl (C=O) groups is 1. The van der Waals surface area contributed by atoms with Gasteiger partial charge in [0.15, 0.2) is 0 Å². The Hall–Kier alpha value is -2.13. The summed E-state index contributed by atoms with van der Waals surface area (Å²) >= 11 is 0. The smallest absolute Gasteiger partial charge is 0.251 e. The van der Waals surface area contributed by atoms with E-state index in [1.165, 1.54) is 22.3 Å². The molecular weight excluding hydrogens is 296 g/mol. The Labute approximate surface area is 143 Å². The van der Waals surface area contributed by atoms with Crippen molar-refractivity contribution in [1.82, 2.24) is 10.2 Å². The van der Waals surface area contributed by atoms with Crippen LogP contribution in [-0.4, -0.2) is 30.4 Å². The van der Waals surface area contributed by atoms with Gasteiger partial charge < -0.3 is 5.32 Å². The Morgan fingerprint density at radius 2 is 1.96 bits per heavy atom. The van der Waals surface area contributed by atoms with Crippen LogP contribution in [0.1, 0.15) is 38.5 Å². The molecule has 1 saturated heterocycles.